The van der Waals surface area contributed by atoms with Crippen LogP contribution in [0.25, 0.3) is 5.65 Å². The van der Waals surface area contributed by atoms with Crippen molar-refractivity contribution in [1.82, 2.24) is 19.5 Å². The highest BCUT2D eigenvalue weighted by atomic mass is 79.9. The molecular weight excluding hydrogens is 294 g/mol. The van der Waals surface area contributed by atoms with Gasteiger partial charge < -0.3 is 10.2 Å². The molecule has 0 bridgehead atoms. The monoisotopic (exact) mass is 311 g/mol. The van der Waals surface area contributed by atoms with Crippen molar-refractivity contribution in [3.63, 3.8) is 0 Å². The summed E-state index contributed by atoms with van der Waals surface area (Å²) in [6, 6.07) is 3.89. The lowest BCUT2D eigenvalue weighted by molar-refractivity contribution is 0.210. The van der Waals surface area contributed by atoms with Crippen LogP contribution in [0, 0.1) is 0 Å². The number of nitrogens with one attached hydrogen (secondary N) is 1. The van der Waals surface area contributed by atoms with Crippen LogP contribution in [-0.2, 0) is 0 Å². The minimum absolute atomic E-state index is 0.0503. The lowest BCUT2D eigenvalue weighted by Gasteiger charge is -2.32. The Bertz CT molecular complexity index is 546. The maximum absolute atomic E-state index is 4.45. The van der Waals surface area contributed by atoms with Crippen molar-refractivity contribution in [2.75, 3.05) is 26.0 Å². The molecule has 0 saturated carbocycles. The van der Waals surface area contributed by atoms with Gasteiger partial charge in [-0.05, 0) is 56.0 Å². The fraction of sp³-hybridized carbons (Fsp3) is 0.500. The van der Waals surface area contributed by atoms with Crippen LogP contribution >= 0.6 is 15.9 Å². The molecule has 2 heterocycles. The second-order valence-electron chi connectivity index (χ2n) is 5.12. The van der Waals surface area contributed by atoms with Crippen LogP contribution in [0.15, 0.2) is 22.8 Å². The van der Waals surface area contributed by atoms with Gasteiger partial charge in [-0.3, -0.25) is 0 Å². The van der Waals surface area contributed by atoms with Gasteiger partial charge in [0.05, 0.1) is 4.47 Å². The minimum Gasteiger partial charge on any atom is -0.351 e. The maximum atomic E-state index is 4.45. The molecule has 0 atom stereocenters. The topological polar surface area (TPSA) is 45.5 Å². The summed E-state index contributed by atoms with van der Waals surface area (Å²) >= 11 is 3.46. The third-order valence-corrected chi connectivity index (χ3v) is 3.82. The molecule has 2 aromatic rings. The van der Waals surface area contributed by atoms with Gasteiger partial charge in [-0.15, -0.1) is 5.10 Å². The number of halogens is 1. The van der Waals surface area contributed by atoms with E-state index in [1.54, 1.807) is 4.52 Å². The predicted octanol–water partition coefficient (Wildman–Crippen LogP) is 2.24. The number of rotatable bonds is 4. The molecule has 2 rings (SSSR count). The number of anilines is 1. The van der Waals surface area contributed by atoms with Crippen LogP contribution in [0.3, 0.4) is 0 Å². The van der Waals surface area contributed by atoms with Crippen molar-refractivity contribution in [3.8, 4) is 0 Å². The first-order chi connectivity index (χ1) is 8.40. The average molecular weight is 312 g/mol. The highest BCUT2D eigenvalue weighted by Crippen LogP contribution is 2.17. The highest BCUT2D eigenvalue weighted by molar-refractivity contribution is 9.10. The molecule has 0 amide bonds. The summed E-state index contributed by atoms with van der Waals surface area (Å²) in [6.07, 6.45) is 1.88. The molecule has 0 aliphatic heterocycles. The van der Waals surface area contributed by atoms with Gasteiger partial charge in [-0.1, -0.05) is 0 Å². The summed E-state index contributed by atoms with van der Waals surface area (Å²) in [6.45, 7) is 5.13. The van der Waals surface area contributed by atoms with Crippen molar-refractivity contribution in [3.05, 3.63) is 22.8 Å². The largest absolute Gasteiger partial charge is 0.351 e. The Kier molecular flexibility index (Phi) is 3.59. The Morgan fingerprint density at radius 3 is 2.78 bits per heavy atom. The number of nitrogens with zero attached hydrogens (tertiary/aromatic N) is 4. The highest BCUT2D eigenvalue weighted by Gasteiger charge is 2.20. The summed E-state index contributed by atoms with van der Waals surface area (Å²) < 4.78 is 2.70. The van der Waals surface area contributed by atoms with Crippen molar-refractivity contribution in [1.29, 1.82) is 0 Å². The molecule has 0 saturated heterocycles. The van der Waals surface area contributed by atoms with E-state index in [2.05, 4.69) is 64.2 Å². The van der Waals surface area contributed by atoms with Gasteiger partial charge >= 0.3 is 0 Å². The molecular formula is C12H18BrN5. The van der Waals surface area contributed by atoms with Crippen molar-refractivity contribution in [2.45, 2.75) is 19.4 Å². The first kappa shape index (κ1) is 13.3. The van der Waals surface area contributed by atoms with E-state index in [9.17, 15) is 0 Å². The quantitative estimate of drug-likeness (QED) is 0.940. The SMILES string of the molecule is CN(C)C(C)(C)CNc1nc2c(Br)cccn2n1. The molecule has 0 fully saturated rings. The zero-order valence-electron chi connectivity index (χ0n) is 11.1. The van der Waals surface area contributed by atoms with Gasteiger partial charge in [0.2, 0.25) is 5.95 Å². The lowest BCUT2D eigenvalue weighted by atomic mass is 10.1. The second kappa shape index (κ2) is 4.85. The Morgan fingerprint density at radius 2 is 2.17 bits per heavy atom. The van der Waals surface area contributed by atoms with Gasteiger partial charge in [0.1, 0.15) is 0 Å². The van der Waals surface area contributed by atoms with E-state index >= 15 is 0 Å². The normalized spacial score (nSPS) is 12.3. The molecule has 18 heavy (non-hydrogen) atoms. The van der Waals surface area contributed by atoms with E-state index in [1.165, 1.54) is 0 Å². The van der Waals surface area contributed by atoms with Crippen LogP contribution in [0.2, 0.25) is 0 Å². The number of fused-ring (bicyclic) bond motifs is 1. The van der Waals surface area contributed by atoms with Crippen LogP contribution in [0.1, 0.15) is 13.8 Å². The first-order valence-corrected chi connectivity index (χ1v) is 6.62. The first-order valence-electron chi connectivity index (χ1n) is 5.82. The van der Waals surface area contributed by atoms with Gasteiger partial charge in [0.15, 0.2) is 5.65 Å². The molecule has 2 aromatic heterocycles. The molecule has 0 aromatic carbocycles. The van der Waals surface area contributed by atoms with E-state index < -0.39 is 0 Å². The average Bonchev–Trinajstić information content (AvgIpc) is 2.71. The van der Waals surface area contributed by atoms with E-state index in [0.717, 1.165) is 16.7 Å². The van der Waals surface area contributed by atoms with E-state index in [1.807, 2.05) is 18.3 Å². The summed E-state index contributed by atoms with van der Waals surface area (Å²) in [7, 11) is 4.13. The van der Waals surface area contributed by atoms with Gasteiger partial charge in [-0.25, -0.2) is 4.52 Å². The maximum Gasteiger partial charge on any atom is 0.243 e. The van der Waals surface area contributed by atoms with E-state index in [-0.39, 0.29) is 5.54 Å². The fourth-order valence-electron chi connectivity index (χ4n) is 1.40. The summed E-state index contributed by atoms with van der Waals surface area (Å²) in [5, 5.41) is 7.66. The Balaban J connectivity index is 2.16. The summed E-state index contributed by atoms with van der Waals surface area (Å²) in [4.78, 5) is 6.62. The van der Waals surface area contributed by atoms with Crippen LogP contribution in [-0.4, -0.2) is 45.7 Å². The number of hydrogen-bond acceptors (Lipinski definition) is 4. The molecule has 98 valence electrons. The van der Waals surface area contributed by atoms with E-state index in [4.69, 9.17) is 0 Å². The zero-order chi connectivity index (χ0) is 13.3. The molecule has 1 N–H and O–H groups in total. The van der Waals surface area contributed by atoms with Gasteiger partial charge in [0.25, 0.3) is 0 Å². The lowest BCUT2D eigenvalue weighted by Crippen LogP contribution is -2.44. The predicted molar refractivity (Wildman–Crippen MR) is 76.9 cm³/mol. The van der Waals surface area contributed by atoms with Crippen molar-refractivity contribution >= 4 is 27.5 Å². The summed E-state index contributed by atoms with van der Waals surface area (Å²) in [5.41, 5.74) is 0.872. The molecule has 0 unspecified atom stereocenters. The van der Waals surface area contributed by atoms with E-state index in [0.29, 0.717) is 5.95 Å². The third-order valence-electron chi connectivity index (χ3n) is 3.20. The van der Waals surface area contributed by atoms with Crippen molar-refractivity contribution < 1.29 is 0 Å². The van der Waals surface area contributed by atoms with Gasteiger partial charge in [-0.2, -0.15) is 4.98 Å². The van der Waals surface area contributed by atoms with Crippen LogP contribution in [0.5, 0.6) is 0 Å². The Morgan fingerprint density at radius 1 is 1.44 bits per heavy atom. The molecule has 6 heteroatoms. The van der Waals surface area contributed by atoms with Crippen LogP contribution in [0.4, 0.5) is 5.95 Å². The summed E-state index contributed by atoms with van der Waals surface area (Å²) in [5.74, 6) is 0.650. The zero-order valence-corrected chi connectivity index (χ0v) is 12.7. The standard InChI is InChI=1S/C12H18BrN5/c1-12(2,17(3)4)8-14-11-15-10-9(13)6-5-7-18(10)16-11/h5-7H,8H2,1-4H3,(H,14,16). The molecule has 5 nitrogen and oxygen atoms in total. The molecule has 0 aliphatic carbocycles. The van der Waals surface area contributed by atoms with Crippen molar-refractivity contribution in [2.24, 2.45) is 0 Å². The second-order valence-corrected chi connectivity index (χ2v) is 5.97. The Hall–Kier alpha value is -1.14. The molecule has 0 spiro atoms. The Labute approximate surface area is 115 Å². The number of hydrogen-bond donors (Lipinski definition) is 1. The van der Waals surface area contributed by atoms with Gasteiger partial charge in [0, 0.05) is 18.3 Å². The minimum atomic E-state index is 0.0503. The third kappa shape index (κ3) is 2.64. The smallest absolute Gasteiger partial charge is 0.243 e. The number of aromatic nitrogens is 3. The molecule has 0 aliphatic rings. The molecule has 0 radical (unpaired) electrons. The number of likely N-dealkylation sites (N-methyl/N-ethyl adjacent to an activating group) is 1. The number of pyridine rings is 1. The van der Waals surface area contributed by atoms with Crippen LogP contribution < -0.4 is 5.32 Å². The fourth-order valence-corrected chi connectivity index (χ4v) is 1.82.